The number of benzene rings is 1. The van der Waals surface area contributed by atoms with Gasteiger partial charge in [0.2, 0.25) is 0 Å². The standard InChI is InChI=1S/C16H17FN2O2/c1-10-15(11(2)21-18-10)16(20)19-8-4-7-14(19)12-5-3-6-13(17)9-12/h3,5-6,9,14H,4,7-8H2,1-2H3/t14-/m0/s1. The van der Waals surface area contributed by atoms with E-state index < -0.39 is 0 Å². The number of carbonyl (C=O) groups excluding carboxylic acids is 1. The van der Waals surface area contributed by atoms with Crippen LogP contribution in [0.15, 0.2) is 28.8 Å². The van der Waals surface area contributed by atoms with Gasteiger partial charge in [-0.25, -0.2) is 4.39 Å². The van der Waals surface area contributed by atoms with Crippen LogP contribution < -0.4 is 0 Å². The molecule has 2 aromatic rings. The molecule has 5 heteroatoms. The highest BCUT2D eigenvalue weighted by atomic mass is 19.1. The number of aromatic nitrogens is 1. The van der Waals surface area contributed by atoms with Crippen molar-refractivity contribution >= 4 is 5.91 Å². The molecule has 0 radical (unpaired) electrons. The van der Waals surface area contributed by atoms with Crippen molar-refractivity contribution in [3.05, 3.63) is 52.7 Å². The third kappa shape index (κ3) is 2.44. The van der Waals surface area contributed by atoms with Crippen LogP contribution in [0.1, 0.15) is 46.3 Å². The maximum absolute atomic E-state index is 13.4. The van der Waals surface area contributed by atoms with Crippen molar-refractivity contribution in [2.24, 2.45) is 0 Å². The van der Waals surface area contributed by atoms with E-state index in [1.807, 2.05) is 6.07 Å². The van der Waals surface area contributed by atoms with Crippen LogP contribution in [0.3, 0.4) is 0 Å². The molecule has 3 rings (SSSR count). The van der Waals surface area contributed by atoms with Gasteiger partial charge in [-0.2, -0.15) is 0 Å². The Morgan fingerprint density at radius 2 is 2.24 bits per heavy atom. The maximum Gasteiger partial charge on any atom is 0.259 e. The second kappa shape index (κ2) is 5.31. The number of aryl methyl sites for hydroxylation is 2. The summed E-state index contributed by atoms with van der Waals surface area (Å²) in [6, 6.07) is 6.39. The quantitative estimate of drug-likeness (QED) is 0.850. The minimum Gasteiger partial charge on any atom is -0.361 e. The summed E-state index contributed by atoms with van der Waals surface area (Å²) in [5, 5.41) is 3.84. The van der Waals surface area contributed by atoms with Crippen LogP contribution in [-0.2, 0) is 0 Å². The van der Waals surface area contributed by atoms with Gasteiger partial charge in [0.15, 0.2) is 0 Å². The van der Waals surface area contributed by atoms with Crippen molar-refractivity contribution in [3.8, 4) is 0 Å². The first-order chi connectivity index (χ1) is 10.1. The molecule has 0 spiro atoms. The molecule has 21 heavy (non-hydrogen) atoms. The van der Waals surface area contributed by atoms with Crippen molar-refractivity contribution in [1.29, 1.82) is 0 Å². The van der Waals surface area contributed by atoms with E-state index in [1.54, 1.807) is 24.8 Å². The molecule has 2 heterocycles. The number of likely N-dealkylation sites (tertiary alicyclic amines) is 1. The van der Waals surface area contributed by atoms with E-state index in [4.69, 9.17) is 4.52 Å². The molecule has 1 amide bonds. The van der Waals surface area contributed by atoms with E-state index in [2.05, 4.69) is 5.16 Å². The van der Waals surface area contributed by atoms with Gasteiger partial charge < -0.3 is 9.42 Å². The predicted octanol–water partition coefficient (Wildman–Crippen LogP) is 3.41. The zero-order valence-electron chi connectivity index (χ0n) is 12.1. The Bertz CT molecular complexity index is 661. The van der Waals surface area contributed by atoms with E-state index in [0.717, 1.165) is 18.4 Å². The van der Waals surface area contributed by atoms with Gasteiger partial charge in [-0.05, 0) is 44.4 Å². The second-order valence-corrected chi connectivity index (χ2v) is 5.41. The SMILES string of the molecule is Cc1noc(C)c1C(=O)N1CCC[C@H]1c1cccc(F)c1. The largest absolute Gasteiger partial charge is 0.361 e. The number of rotatable bonds is 2. The molecule has 0 aliphatic carbocycles. The van der Waals surface area contributed by atoms with Crippen molar-refractivity contribution in [3.63, 3.8) is 0 Å². The smallest absolute Gasteiger partial charge is 0.259 e. The minimum atomic E-state index is -0.274. The first kappa shape index (κ1) is 13.8. The van der Waals surface area contributed by atoms with Crippen molar-refractivity contribution in [2.45, 2.75) is 32.7 Å². The molecule has 1 aliphatic rings. The van der Waals surface area contributed by atoms with Gasteiger partial charge in [0.1, 0.15) is 17.1 Å². The average molecular weight is 288 g/mol. The van der Waals surface area contributed by atoms with Crippen LogP contribution in [0.5, 0.6) is 0 Å². The first-order valence-electron chi connectivity index (χ1n) is 7.07. The van der Waals surface area contributed by atoms with E-state index in [-0.39, 0.29) is 17.8 Å². The molecular formula is C16H17FN2O2. The highest BCUT2D eigenvalue weighted by molar-refractivity contribution is 5.96. The second-order valence-electron chi connectivity index (χ2n) is 5.41. The summed E-state index contributed by atoms with van der Waals surface area (Å²) in [5.74, 6) is 0.171. The summed E-state index contributed by atoms with van der Waals surface area (Å²) in [7, 11) is 0. The molecule has 1 aliphatic heterocycles. The van der Waals surface area contributed by atoms with Gasteiger partial charge in [-0.15, -0.1) is 0 Å². The molecule has 1 aromatic carbocycles. The first-order valence-corrected chi connectivity index (χ1v) is 7.07. The number of carbonyl (C=O) groups is 1. The summed E-state index contributed by atoms with van der Waals surface area (Å²) in [4.78, 5) is 14.5. The molecule has 0 unspecified atom stereocenters. The summed E-state index contributed by atoms with van der Waals surface area (Å²) in [6.45, 7) is 4.17. The zero-order chi connectivity index (χ0) is 15.0. The predicted molar refractivity (Wildman–Crippen MR) is 75.4 cm³/mol. The Kier molecular flexibility index (Phi) is 3.49. The average Bonchev–Trinajstić information content (AvgIpc) is 3.05. The van der Waals surface area contributed by atoms with Crippen LogP contribution in [0.4, 0.5) is 4.39 Å². The minimum absolute atomic E-state index is 0.0816. The number of nitrogens with zero attached hydrogens (tertiary/aromatic N) is 2. The Morgan fingerprint density at radius 1 is 1.43 bits per heavy atom. The number of halogens is 1. The summed E-state index contributed by atoms with van der Waals surface area (Å²) in [6.07, 6.45) is 1.76. The van der Waals surface area contributed by atoms with Crippen LogP contribution in [0.25, 0.3) is 0 Å². The number of hydrogen-bond donors (Lipinski definition) is 0. The highest BCUT2D eigenvalue weighted by Crippen LogP contribution is 2.34. The topological polar surface area (TPSA) is 46.3 Å². The van der Waals surface area contributed by atoms with Gasteiger partial charge in [0.05, 0.1) is 11.7 Å². The fourth-order valence-electron chi connectivity index (χ4n) is 3.00. The molecular weight excluding hydrogens is 271 g/mol. The van der Waals surface area contributed by atoms with Crippen molar-refractivity contribution < 1.29 is 13.7 Å². The van der Waals surface area contributed by atoms with E-state index in [1.165, 1.54) is 12.1 Å². The molecule has 0 N–H and O–H groups in total. The lowest BCUT2D eigenvalue weighted by atomic mass is 10.0. The van der Waals surface area contributed by atoms with Crippen LogP contribution >= 0.6 is 0 Å². The van der Waals surface area contributed by atoms with E-state index in [0.29, 0.717) is 23.6 Å². The van der Waals surface area contributed by atoms with Crippen LogP contribution in [-0.4, -0.2) is 22.5 Å². The molecule has 0 saturated carbocycles. The Morgan fingerprint density at radius 3 is 2.90 bits per heavy atom. The number of hydrogen-bond acceptors (Lipinski definition) is 3. The van der Waals surface area contributed by atoms with E-state index in [9.17, 15) is 9.18 Å². The molecule has 110 valence electrons. The van der Waals surface area contributed by atoms with Gasteiger partial charge in [-0.3, -0.25) is 4.79 Å². The number of amides is 1. The molecule has 1 atom stereocenters. The maximum atomic E-state index is 13.4. The van der Waals surface area contributed by atoms with Crippen molar-refractivity contribution in [2.75, 3.05) is 6.54 Å². The molecule has 0 bridgehead atoms. The zero-order valence-corrected chi connectivity index (χ0v) is 12.1. The van der Waals surface area contributed by atoms with Gasteiger partial charge in [0.25, 0.3) is 5.91 Å². The lowest BCUT2D eigenvalue weighted by molar-refractivity contribution is 0.0733. The summed E-state index contributed by atoms with van der Waals surface area (Å²) < 4.78 is 18.5. The monoisotopic (exact) mass is 288 g/mol. The molecule has 1 aromatic heterocycles. The summed E-state index contributed by atoms with van der Waals surface area (Å²) >= 11 is 0. The lowest BCUT2D eigenvalue weighted by Gasteiger charge is -2.25. The molecule has 4 nitrogen and oxygen atoms in total. The molecule has 1 fully saturated rings. The van der Waals surface area contributed by atoms with Crippen molar-refractivity contribution in [1.82, 2.24) is 10.1 Å². The Balaban J connectivity index is 1.93. The fraction of sp³-hybridized carbons (Fsp3) is 0.375. The lowest BCUT2D eigenvalue weighted by Crippen LogP contribution is -2.31. The Labute approximate surface area is 122 Å². The molecule has 1 saturated heterocycles. The van der Waals surface area contributed by atoms with Gasteiger partial charge in [0, 0.05) is 6.54 Å². The van der Waals surface area contributed by atoms with Crippen LogP contribution in [0.2, 0.25) is 0 Å². The Hall–Kier alpha value is -2.17. The van der Waals surface area contributed by atoms with Gasteiger partial charge in [-0.1, -0.05) is 17.3 Å². The third-order valence-corrected chi connectivity index (χ3v) is 3.99. The van der Waals surface area contributed by atoms with E-state index >= 15 is 0 Å². The third-order valence-electron chi connectivity index (χ3n) is 3.99. The fourth-order valence-corrected chi connectivity index (χ4v) is 3.00. The normalized spacial score (nSPS) is 18.2. The highest BCUT2D eigenvalue weighted by Gasteiger charge is 2.33. The summed E-state index contributed by atoms with van der Waals surface area (Å²) in [5.41, 5.74) is 1.97. The van der Waals surface area contributed by atoms with Crippen LogP contribution in [0, 0.1) is 19.7 Å². The van der Waals surface area contributed by atoms with Gasteiger partial charge >= 0.3 is 0 Å².